The number of nitrogens with one attached hydrogen (secondary N) is 3. The summed E-state index contributed by atoms with van der Waals surface area (Å²) in [5, 5.41) is 11.2. The highest BCUT2D eigenvalue weighted by Gasteiger charge is 2.18. The SMILES string of the molecule is CC1=C(Nc2ccc(N)cc2Cl)CCCC1=O.CC1=C(Nc2ccc(NCc3ccccc3C)cc2Cl)CCCC1=O.Cc1ccccc1C=O. The average Bonchev–Trinajstić information content (AvgIpc) is 3.11. The minimum absolute atomic E-state index is 0.213. The van der Waals surface area contributed by atoms with Crippen LogP contribution < -0.4 is 21.7 Å². The standard InChI is InChI=1S/C21H23ClN2O.C13H15ClN2O.C8H8O/c1-14-6-3-4-7-16(14)13-23-17-10-11-20(18(22)12-17)24-19-8-5-9-21(25)15(19)2;1-8-11(3-2-4-13(8)17)16-12-6-5-9(15)7-10(12)14;1-7-4-2-3-5-8(7)6-9/h3-4,6-7,10-12,23-24H,5,8-9,13H2,1-2H3;5-7,16H,2-4,15H2,1H3;2-6H,1H3. The van der Waals surface area contributed by atoms with Crippen molar-refractivity contribution < 1.29 is 14.4 Å². The second-order valence-electron chi connectivity index (χ2n) is 12.7. The number of nitrogens with two attached hydrogens (primary N) is 1. The van der Waals surface area contributed by atoms with Gasteiger partial charge in [0, 0.05) is 58.9 Å². The molecular weight excluding hydrogens is 679 g/mol. The number of hydrogen-bond acceptors (Lipinski definition) is 7. The first-order valence-corrected chi connectivity index (χ1v) is 17.9. The van der Waals surface area contributed by atoms with Crippen molar-refractivity contribution in [1.29, 1.82) is 0 Å². The van der Waals surface area contributed by atoms with Gasteiger partial charge in [0.2, 0.25) is 0 Å². The van der Waals surface area contributed by atoms with Crippen molar-refractivity contribution in [1.82, 2.24) is 0 Å². The third kappa shape index (κ3) is 11.3. The van der Waals surface area contributed by atoms with Crippen LogP contribution in [0.25, 0.3) is 0 Å². The van der Waals surface area contributed by atoms with E-state index in [-0.39, 0.29) is 11.6 Å². The van der Waals surface area contributed by atoms with E-state index in [1.165, 1.54) is 11.1 Å². The topological polar surface area (TPSA) is 113 Å². The van der Waals surface area contributed by atoms with Crippen LogP contribution in [0.2, 0.25) is 10.0 Å². The summed E-state index contributed by atoms with van der Waals surface area (Å²) in [5.74, 6) is 0.437. The third-order valence-corrected chi connectivity index (χ3v) is 9.62. The molecule has 4 aromatic carbocycles. The second kappa shape index (κ2) is 18.9. The van der Waals surface area contributed by atoms with Crippen LogP contribution >= 0.6 is 23.2 Å². The van der Waals surface area contributed by atoms with Crippen LogP contribution in [0.15, 0.2) is 107 Å². The van der Waals surface area contributed by atoms with Crippen molar-refractivity contribution in [2.45, 2.75) is 72.8 Å². The normalized spacial score (nSPS) is 14.2. The number of allylic oxidation sites excluding steroid dienone is 4. The van der Waals surface area contributed by atoms with Crippen LogP contribution in [0.3, 0.4) is 0 Å². The van der Waals surface area contributed by atoms with E-state index >= 15 is 0 Å². The molecule has 7 nitrogen and oxygen atoms in total. The number of aldehydes is 1. The Morgan fingerprint density at radius 3 is 1.71 bits per heavy atom. The zero-order valence-corrected chi connectivity index (χ0v) is 31.2. The molecule has 266 valence electrons. The number of Topliss-reactive ketones (excluding diaryl/α,β-unsaturated/α-hetero) is 2. The lowest BCUT2D eigenvalue weighted by Gasteiger charge is -2.19. The van der Waals surface area contributed by atoms with Gasteiger partial charge in [0.25, 0.3) is 0 Å². The smallest absolute Gasteiger partial charge is 0.160 e. The van der Waals surface area contributed by atoms with E-state index in [9.17, 15) is 14.4 Å². The molecule has 2 aliphatic rings. The van der Waals surface area contributed by atoms with Crippen LogP contribution in [0, 0.1) is 13.8 Å². The van der Waals surface area contributed by atoms with E-state index in [1.54, 1.807) is 12.1 Å². The summed E-state index contributed by atoms with van der Waals surface area (Å²) >= 11 is 12.5. The van der Waals surface area contributed by atoms with Gasteiger partial charge in [-0.3, -0.25) is 14.4 Å². The van der Waals surface area contributed by atoms with Crippen molar-refractivity contribution in [3.05, 3.63) is 140 Å². The van der Waals surface area contributed by atoms with Crippen LogP contribution in [0.4, 0.5) is 22.7 Å². The zero-order chi connectivity index (χ0) is 36.9. The molecule has 5 N–H and O–H groups in total. The van der Waals surface area contributed by atoms with Crippen LogP contribution in [-0.2, 0) is 16.1 Å². The molecule has 6 rings (SSSR count). The number of ketones is 2. The first-order chi connectivity index (χ1) is 24.5. The number of rotatable bonds is 8. The maximum absolute atomic E-state index is 11.8. The first kappa shape index (κ1) is 38.9. The van der Waals surface area contributed by atoms with E-state index in [0.717, 1.165) is 89.2 Å². The predicted octanol–water partition coefficient (Wildman–Crippen LogP) is 10.9. The fourth-order valence-corrected chi connectivity index (χ4v) is 6.12. The van der Waals surface area contributed by atoms with Gasteiger partial charge in [-0.1, -0.05) is 71.7 Å². The molecule has 0 aromatic heterocycles. The zero-order valence-electron chi connectivity index (χ0n) is 29.7. The van der Waals surface area contributed by atoms with Gasteiger partial charge in [-0.05, 0) is 106 Å². The highest BCUT2D eigenvalue weighted by atomic mass is 35.5. The van der Waals surface area contributed by atoms with Gasteiger partial charge in [-0.15, -0.1) is 0 Å². The molecule has 0 atom stereocenters. The first-order valence-electron chi connectivity index (χ1n) is 17.1. The highest BCUT2D eigenvalue weighted by Crippen LogP contribution is 2.31. The summed E-state index contributed by atoms with van der Waals surface area (Å²) in [5.41, 5.74) is 16.8. The van der Waals surface area contributed by atoms with Gasteiger partial charge < -0.3 is 21.7 Å². The molecule has 4 aromatic rings. The monoisotopic (exact) mass is 724 g/mol. The molecule has 9 heteroatoms. The number of anilines is 4. The van der Waals surface area contributed by atoms with Crippen molar-refractivity contribution >= 4 is 63.8 Å². The Balaban J connectivity index is 0.000000192. The number of carbonyl (C=O) groups excluding carboxylic acids is 3. The van der Waals surface area contributed by atoms with E-state index in [2.05, 4.69) is 35.0 Å². The fourth-order valence-electron chi connectivity index (χ4n) is 5.66. The van der Waals surface area contributed by atoms with Crippen molar-refractivity contribution in [3.63, 3.8) is 0 Å². The van der Waals surface area contributed by atoms with Gasteiger partial charge in [0.1, 0.15) is 6.29 Å². The highest BCUT2D eigenvalue weighted by molar-refractivity contribution is 6.34. The van der Waals surface area contributed by atoms with Crippen LogP contribution in [-0.4, -0.2) is 17.9 Å². The molecule has 0 spiro atoms. The quantitative estimate of drug-likeness (QED) is 0.106. The summed E-state index contributed by atoms with van der Waals surface area (Å²) in [4.78, 5) is 33.7. The molecule has 51 heavy (non-hydrogen) atoms. The Kier molecular flexibility index (Phi) is 14.5. The average molecular weight is 726 g/mol. The lowest BCUT2D eigenvalue weighted by Crippen LogP contribution is -2.14. The van der Waals surface area contributed by atoms with Gasteiger partial charge in [-0.25, -0.2) is 0 Å². The van der Waals surface area contributed by atoms with Crippen LogP contribution in [0.1, 0.15) is 79.4 Å². The van der Waals surface area contributed by atoms with Gasteiger partial charge in [-0.2, -0.15) is 0 Å². The van der Waals surface area contributed by atoms with Crippen molar-refractivity contribution in [2.75, 3.05) is 21.7 Å². The molecular formula is C42H46Cl2N4O3. The van der Waals surface area contributed by atoms with Crippen molar-refractivity contribution in [3.8, 4) is 0 Å². The lowest BCUT2D eigenvalue weighted by atomic mass is 9.96. The maximum atomic E-state index is 11.8. The molecule has 0 bridgehead atoms. The van der Waals surface area contributed by atoms with Gasteiger partial charge in [0.05, 0.1) is 21.4 Å². The summed E-state index contributed by atoms with van der Waals surface area (Å²) in [6.07, 6.45) is 5.73. The minimum atomic E-state index is 0.213. The Bertz CT molecular complexity index is 1950. The molecule has 0 heterocycles. The van der Waals surface area contributed by atoms with Gasteiger partial charge >= 0.3 is 0 Å². The molecule has 0 unspecified atom stereocenters. The minimum Gasteiger partial charge on any atom is -0.399 e. The van der Waals surface area contributed by atoms with E-state index in [0.29, 0.717) is 28.6 Å². The lowest BCUT2D eigenvalue weighted by molar-refractivity contribution is -0.116. The molecule has 0 saturated heterocycles. The number of halogens is 2. The predicted molar refractivity (Wildman–Crippen MR) is 213 cm³/mol. The summed E-state index contributed by atoms with van der Waals surface area (Å²) < 4.78 is 0. The largest absolute Gasteiger partial charge is 0.399 e. The Morgan fingerprint density at radius 1 is 0.667 bits per heavy atom. The maximum Gasteiger partial charge on any atom is 0.160 e. The van der Waals surface area contributed by atoms with Crippen LogP contribution in [0.5, 0.6) is 0 Å². The molecule has 0 aliphatic heterocycles. The summed E-state index contributed by atoms with van der Waals surface area (Å²) in [6.45, 7) is 8.53. The molecule has 0 radical (unpaired) electrons. The third-order valence-electron chi connectivity index (χ3n) is 9.00. The molecule has 0 fully saturated rings. The Labute approximate surface area is 311 Å². The molecule has 2 aliphatic carbocycles. The number of hydrogen-bond donors (Lipinski definition) is 4. The summed E-state index contributed by atoms with van der Waals surface area (Å²) in [7, 11) is 0. The van der Waals surface area contributed by atoms with Crippen molar-refractivity contribution in [2.24, 2.45) is 0 Å². The van der Waals surface area contributed by atoms with E-state index in [1.807, 2.05) is 81.4 Å². The molecule has 0 saturated carbocycles. The van der Waals surface area contributed by atoms with Gasteiger partial charge in [0.15, 0.2) is 11.6 Å². The number of nitrogen functional groups attached to an aromatic ring is 1. The molecule has 0 amide bonds. The number of benzene rings is 4. The number of carbonyl (C=O) groups is 3. The second-order valence-corrected chi connectivity index (χ2v) is 13.5. The van der Waals surface area contributed by atoms with E-state index < -0.39 is 0 Å². The Morgan fingerprint density at radius 2 is 1.20 bits per heavy atom. The summed E-state index contributed by atoms with van der Waals surface area (Å²) in [6, 6.07) is 27.0. The fraction of sp³-hybridized carbons (Fsp3) is 0.262. The Hall–Kier alpha value is -4.85. The van der Waals surface area contributed by atoms with E-state index in [4.69, 9.17) is 28.9 Å². The number of aryl methyl sites for hydroxylation is 2.